The van der Waals surface area contributed by atoms with Crippen molar-refractivity contribution >= 4 is 48.3 Å². The number of amides is 4. The highest BCUT2D eigenvalue weighted by atomic mass is 32.2. The lowest BCUT2D eigenvalue weighted by Crippen LogP contribution is -2.52. The molecule has 2 aromatic rings. The summed E-state index contributed by atoms with van der Waals surface area (Å²) in [5, 5.41) is 38.0. The van der Waals surface area contributed by atoms with Gasteiger partial charge in [0.1, 0.15) is 30.0 Å². The molecule has 0 heterocycles. The van der Waals surface area contributed by atoms with E-state index in [2.05, 4.69) is 25.8 Å². The Balaban J connectivity index is 2.03. The lowest BCUT2D eigenvalue weighted by molar-refractivity contribution is -0.137. The van der Waals surface area contributed by atoms with Gasteiger partial charge in [0, 0.05) is 30.7 Å². The van der Waals surface area contributed by atoms with E-state index in [0.29, 0.717) is 5.56 Å². The molecule has 0 aliphatic heterocycles. The molecular weight excluding hydrogens is 685 g/mol. The number of hydrogen-bond acceptors (Lipinski definition) is 12. The van der Waals surface area contributed by atoms with Crippen molar-refractivity contribution in [3.05, 3.63) is 65.7 Å². The molecule has 0 saturated heterocycles. The van der Waals surface area contributed by atoms with E-state index in [-0.39, 0.29) is 36.6 Å². The summed E-state index contributed by atoms with van der Waals surface area (Å²) in [4.78, 5) is 82.2. The molecule has 4 amide bonds. The van der Waals surface area contributed by atoms with Gasteiger partial charge in [-0.1, -0.05) is 68.1 Å². The first kappa shape index (κ1) is 41.3. The highest BCUT2D eigenvalue weighted by Gasteiger charge is 2.33. The van der Waals surface area contributed by atoms with Gasteiger partial charge in [-0.3, -0.25) is 28.5 Å². The summed E-state index contributed by atoms with van der Waals surface area (Å²) in [5.41, 5.74) is 5.52. The molecule has 11 N–H and O–H groups in total. The van der Waals surface area contributed by atoms with Gasteiger partial charge < -0.3 is 52.1 Å². The third-order valence-corrected chi connectivity index (χ3v) is 8.36. The molecule has 2 rings (SSSR count). The van der Waals surface area contributed by atoms with Gasteiger partial charge in [-0.15, -0.1) is 0 Å². The Morgan fingerprint density at radius 3 is 2.12 bits per heavy atom. The second-order valence-electron chi connectivity index (χ2n) is 11.4. The molecule has 0 aliphatic rings. The molecule has 0 saturated carbocycles. The van der Waals surface area contributed by atoms with Crippen molar-refractivity contribution in [3.63, 3.8) is 0 Å². The monoisotopic (exact) mass is 727 g/mol. The minimum Gasteiger partial charge on any atom is -0.508 e. The fraction of sp³-hybridized carbons (Fsp3) is 0.433. The van der Waals surface area contributed by atoms with Crippen molar-refractivity contribution in [1.29, 1.82) is 0 Å². The molecule has 17 nitrogen and oxygen atoms in total. The van der Waals surface area contributed by atoms with Gasteiger partial charge in [0.25, 0.3) is 0 Å². The minimum atomic E-state index is -5.09. The highest BCUT2D eigenvalue weighted by Crippen LogP contribution is 2.35. The molecule has 4 atom stereocenters. The number of phosphoric ester groups is 1. The zero-order chi connectivity index (χ0) is 36.8. The van der Waals surface area contributed by atoms with Gasteiger partial charge in [-0.05, 0) is 23.3 Å². The number of phenols is 1. The summed E-state index contributed by atoms with van der Waals surface area (Å²) < 4.78 is 15.9. The fourth-order valence-electron chi connectivity index (χ4n) is 3.97. The average molecular weight is 728 g/mol. The minimum absolute atomic E-state index is 0.0305. The maximum absolute atomic E-state index is 13.4. The summed E-state index contributed by atoms with van der Waals surface area (Å²) in [6.45, 7) is 1.56. The van der Waals surface area contributed by atoms with Crippen LogP contribution in [0.4, 0.5) is 0 Å². The summed E-state index contributed by atoms with van der Waals surface area (Å²) >= 11 is 0.769. The van der Waals surface area contributed by atoms with Crippen LogP contribution in [0.5, 0.6) is 5.75 Å². The van der Waals surface area contributed by atoms with E-state index < -0.39 is 79.4 Å². The van der Waals surface area contributed by atoms with Crippen molar-refractivity contribution in [2.24, 2.45) is 11.1 Å². The lowest BCUT2D eigenvalue weighted by atomic mass is 9.87. The molecule has 2 aromatic carbocycles. The predicted octanol–water partition coefficient (Wildman–Crippen LogP) is -0.895. The maximum atomic E-state index is 13.4. The van der Waals surface area contributed by atoms with Gasteiger partial charge >= 0.3 is 7.82 Å². The van der Waals surface area contributed by atoms with Crippen LogP contribution in [-0.2, 0) is 33.1 Å². The van der Waals surface area contributed by atoms with Gasteiger partial charge in [-0.2, -0.15) is 0 Å². The van der Waals surface area contributed by atoms with E-state index in [9.17, 15) is 53.6 Å². The molecule has 19 heteroatoms. The number of aliphatic hydroxyl groups excluding tert-OH is 2. The molecule has 0 aromatic heterocycles. The van der Waals surface area contributed by atoms with Crippen LogP contribution in [0.15, 0.2) is 54.6 Å². The Kier molecular flexibility index (Phi) is 16.3. The van der Waals surface area contributed by atoms with E-state index in [4.69, 9.17) is 5.73 Å². The number of phosphoric acid groups is 1. The SMILES string of the molecule is CC(C)(CO)[C@@H](O)C(=O)NCCC(=O)NCCSC(=O)C(NC(=O)[C@H](COP(=O)(O)O)NC(=O)[C@H](N)c1ccc(O)cc1)c1ccccc1. The van der Waals surface area contributed by atoms with E-state index in [1.165, 1.54) is 38.1 Å². The quantitative estimate of drug-likeness (QED) is 0.0621. The van der Waals surface area contributed by atoms with Crippen LogP contribution >= 0.6 is 19.6 Å². The number of aromatic hydroxyl groups is 1. The summed E-state index contributed by atoms with van der Waals surface area (Å²) in [6.07, 6.45) is -1.60. The first-order valence-electron chi connectivity index (χ1n) is 14.9. The highest BCUT2D eigenvalue weighted by molar-refractivity contribution is 8.13. The number of rotatable bonds is 19. The Bertz CT molecular complexity index is 1480. The molecule has 0 radical (unpaired) electrons. The van der Waals surface area contributed by atoms with Crippen LogP contribution in [0.3, 0.4) is 0 Å². The second-order valence-corrected chi connectivity index (χ2v) is 13.7. The summed E-state index contributed by atoms with van der Waals surface area (Å²) in [7, 11) is -5.09. The molecule has 0 spiro atoms. The number of carbonyl (C=O) groups excluding carboxylic acids is 5. The Morgan fingerprint density at radius 2 is 1.53 bits per heavy atom. The number of nitrogens with two attached hydrogens (primary N) is 1. The lowest BCUT2D eigenvalue weighted by Gasteiger charge is -2.27. The van der Waals surface area contributed by atoms with Crippen LogP contribution in [0.1, 0.15) is 43.5 Å². The van der Waals surface area contributed by atoms with Gasteiger partial charge in [0.2, 0.25) is 28.7 Å². The molecular formula is C30H42N5O12PS. The number of nitrogens with one attached hydrogen (secondary N) is 4. The van der Waals surface area contributed by atoms with Crippen molar-refractivity contribution < 1.29 is 58.2 Å². The number of phenolic OH excluding ortho intramolecular Hbond substituents is 1. The average Bonchev–Trinajstić information content (AvgIpc) is 3.06. The van der Waals surface area contributed by atoms with Crippen molar-refractivity contribution in [1.82, 2.24) is 21.3 Å². The zero-order valence-electron chi connectivity index (χ0n) is 26.8. The number of hydrogen-bond donors (Lipinski definition) is 10. The third kappa shape index (κ3) is 14.3. The second kappa shape index (κ2) is 19.4. The Labute approximate surface area is 286 Å². The van der Waals surface area contributed by atoms with Crippen molar-refractivity contribution in [2.75, 3.05) is 32.1 Å². The standard InChI is InChI=1S/C30H42N5O12PS/c1-30(2,17-36)25(39)28(42)33-13-12-22(38)32-14-15-49-29(43)24(19-6-4-3-5-7-19)35-26(40)21(16-47-48(44,45)46)34-27(41)23(31)18-8-10-20(37)11-9-18/h3-11,21,23-25,36-37,39H,12-17,31H2,1-2H3,(H,32,38)(H,33,42)(H,34,41)(H,35,40)(H2,44,45,46)/t21-,23+,24?,25-/m0/s1. The van der Waals surface area contributed by atoms with Crippen molar-refractivity contribution in [3.8, 4) is 5.75 Å². The summed E-state index contributed by atoms with van der Waals surface area (Å²) in [5.74, 6) is -3.14. The largest absolute Gasteiger partial charge is 0.508 e. The zero-order valence-corrected chi connectivity index (χ0v) is 28.5. The number of benzene rings is 2. The van der Waals surface area contributed by atoms with Crippen LogP contribution in [0, 0.1) is 5.41 Å². The maximum Gasteiger partial charge on any atom is 0.469 e. The van der Waals surface area contributed by atoms with Gasteiger partial charge in [0.15, 0.2) is 0 Å². The fourth-order valence-corrected chi connectivity index (χ4v) is 5.08. The smallest absolute Gasteiger partial charge is 0.469 e. The van der Waals surface area contributed by atoms with Crippen LogP contribution in [-0.4, -0.2) is 98.1 Å². The van der Waals surface area contributed by atoms with E-state index >= 15 is 0 Å². The first-order valence-corrected chi connectivity index (χ1v) is 17.4. The molecule has 1 unspecified atom stereocenters. The predicted molar refractivity (Wildman–Crippen MR) is 177 cm³/mol. The number of carbonyl (C=O) groups is 5. The van der Waals surface area contributed by atoms with E-state index in [0.717, 1.165) is 11.8 Å². The molecule has 0 aliphatic carbocycles. The van der Waals surface area contributed by atoms with Crippen molar-refractivity contribution in [2.45, 2.75) is 44.5 Å². The molecule has 0 fully saturated rings. The Hall–Kier alpha value is -3.87. The number of thioether (sulfide) groups is 1. The first-order chi connectivity index (χ1) is 22.9. The van der Waals surface area contributed by atoms with Crippen LogP contribution in [0.2, 0.25) is 0 Å². The Morgan fingerprint density at radius 1 is 0.898 bits per heavy atom. The van der Waals surface area contributed by atoms with Gasteiger partial charge in [0.05, 0.1) is 13.2 Å². The number of aliphatic hydroxyl groups is 2. The topological polar surface area (TPSA) is 287 Å². The van der Waals surface area contributed by atoms with Gasteiger partial charge in [-0.25, -0.2) is 4.57 Å². The molecule has 0 bridgehead atoms. The normalized spacial score (nSPS) is 14.1. The third-order valence-electron chi connectivity index (χ3n) is 6.95. The van der Waals surface area contributed by atoms with E-state index in [1.807, 2.05) is 0 Å². The van der Waals surface area contributed by atoms with Crippen LogP contribution < -0.4 is 27.0 Å². The van der Waals surface area contributed by atoms with E-state index in [1.54, 1.807) is 30.3 Å². The molecule has 49 heavy (non-hydrogen) atoms. The van der Waals surface area contributed by atoms with Crippen LogP contribution in [0.25, 0.3) is 0 Å². The summed E-state index contributed by atoms with van der Waals surface area (Å²) in [6, 6.07) is 8.99. The molecule has 270 valence electrons.